The zero-order valence-electron chi connectivity index (χ0n) is 16.3. The van der Waals surface area contributed by atoms with E-state index in [1.54, 1.807) is 41.8 Å². The molecule has 3 aromatic carbocycles. The van der Waals surface area contributed by atoms with Crippen LogP contribution in [0.4, 0.5) is 9.52 Å². The lowest BCUT2D eigenvalue weighted by Crippen LogP contribution is -2.02. The second-order valence-corrected chi connectivity index (χ2v) is 7.41. The predicted molar refractivity (Wildman–Crippen MR) is 119 cm³/mol. The molecule has 0 saturated carbocycles. The van der Waals surface area contributed by atoms with Crippen molar-refractivity contribution in [1.29, 1.82) is 0 Å². The highest BCUT2D eigenvalue weighted by Gasteiger charge is 2.08. The van der Waals surface area contributed by atoms with Gasteiger partial charge in [0.1, 0.15) is 12.4 Å². The normalized spacial score (nSPS) is 11.1. The highest BCUT2D eigenvalue weighted by Crippen LogP contribution is 2.29. The lowest BCUT2D eigenvalue weighted by Gasteiger charge is -2.13. The van der Waals surface area contributed by atoms with Crippen molar-refractivity contribution in [2.24, 2.45) is 5.10 Å². The van der Waals surface area contributed by atoms with Crippen molar-refractivity contribution < 1.29 is 13.9 Å². The second-order valence-electron chi connectivity index (χ2n) is 6.38. The van der Waals surface area contributed by atoms with Crippen LogP contribution in [0.5, 0.6) is 11.5 Å². The summed E-state index contributed by atoms with van der Waals surface area (Å²) in [7, 11) is 0. The number of anilines is 1. The summed E-state index contributed by atoms with van der Waals surface area (Å²) in [5.74, 6) is 0.842. The van der Waals surface area contributed by atoms with Crippen molar-refractivity contribution in [3.8, 4) is 11.5 Å². The van der Waals surface area contributed by atoms with Gasteiger partial charge in [0.25, 0.3) is 0 Å². The van der Waals surface area contributed by atoms with E-state index in [-0.39, 0.29) is 12.4 Å². The molecule has 1 heterocycles. The Balaban J connectivity index is 1.45. The Morgan fingerprint density at radius 3 is 2.70 bits per heavy atom. The maximum absolute atomic E-state index is 13.8. The van der Waals surface area contributed by atoms with E-state index in [1.807, 2.05) is 43.3 Å². The van der Waals surface area contributed by atoms with E-state index in [1.165, 1.54) is 6.07 Å². The summed E-state index contributed by atoms with van der Waals surface area (Å²) < 4.78 is 26.4. The van der Waals surface area contributed by atoms with Gasteiger partial charge in [0.15, 0.2) is 11.5 Å². The summed E-state index contributed by atoms with van der Waals surface area (Å²) in [5, 5.41) is 4.99. The summed E-state index contributed by atoms with van der Waals surface area (Å²) in [5.41, 5.74) is 5.23. The Morgan fingerprint density at radius 2 is 1.87 bits per heavy atom. The molecule has 0 aliphatic carbocycles. The molecule has 4 rings (SSSR count). The van der Waals surface area contributed by atoms with E-state index >= 15 is 0 Å². The summed E-state index contributed by atoms with van der Waals surface area (Å²) in [6.07, 6.45) is 1.69. The van der Waals surface area contributed by atoms with Crippen LogP contribution in [0.1, 0.15) is 18.1 Å². The summed E-state index contributed by atoms with van der Waals surface area (Å²) in [6.45, 7) is 2.51. The molecule has 5 nitrogen and oxygen atoms in total. The number of thiazole rings is 1. The van der Waals surface area contributed by atoms with Crippen LogP contribution in [0.25, 0.3) is 10.2 Å². The topological polar surface area (TPSA) is 55.7 Å². The molecule has 7 heteroatoms. The van der Waals surface area contributed by atoms with E-state index in [0.717, 1.165) is 20.9 Å². The molecule has 0 fully saturated rings. The van der Waals surface area contributed by atoms with Crippen LogP contribution in [-0.2, 0) is 6.61 Å². The van der Waals surface area contributed by atoms with Gasteiger partial charge in [-0.2, -0.15) is 5.10 Å². The van der Waals surface area contributed by atoms with E-state index < -0.39 is 0 Å². The Hall–Kier alpha value is -3.45. The molecule has 0 unspecified atom stereocenters. The monoisotopic (exact) mass is 421 g/mol. The number of rotatable bonds is 8. The number of ether oxygens (including phenoxy) is 2. The average Bonchev–Trinajstić information content (AvgIpc) is 3.17. The molecule has 30 heavy (non-hydrogen) atoms. The number of aromatic nitrogens is 1. The van der Waals surface area contributed by atoms with Crippen molar-refractivity contribution in [1.82, 2.24) is 4.98 Å². The van der Waals surface area contributed by atoms with Crippen LogP contribution >= 0.6 is 11.3 Å². The molecule has 0 bridgehead atoms. The number of para-hydroxylation sites is 1. The molecule has 0 spiro atoms. The first-order chi connectivity index (χ1) is 14.7. The molecule has 0 aliphatic heterocycles. The Kier molecular flexibility index (Phi) is 6.20. The zero-order valence-corrected chi connectivity index (χ0v) is 17.2. The van der Waals surface area contributed by atoms with Crippen LogP contribution in [-0.4, -0.2) is 17.8 Å². The van der Waals surface area contributed by atoms with E-state index in [4.69, 9.17) is 9.47 Å². The number of nitrogens with zero attached hydrogens (tertiary/aromatic N) is 2. The second kappa shape index (κ2) is 9.37. The minimum absolute atomic E-state index is 0.124. The fraction of sp³-hybridized carbons (Fsp3) is 0.130. The van der Waals surface area contributed by atoms with Crippen molar-refractivity contribution in [2.45, 2.75) is 13.5 Å². The molecular weight excluding hydrogens is 401 g/mol. The van der Waals surface area contributed by atoms with Gasteiger partial charge in [-0.15, -0.1) is 0 Å². The van der Waals surface area contributed by atoms with Gasteiger partial charge >= 0.3 is 0 Å². The number of hydrazone groups is 1. The highest BCUT2D eigenvalue weighted by atomic mass is 32.1. The third-order valence-electron chi connectivity index (χ3n) is 4.28. The number of halogens is 1. The van der Waals surface area contributed by atoms with E-state index in [0.29, 0.717) is 23.7 Å². The third kappa shape index (κ3) is 4.75. The van der Waals surface area contributed by atoms with Gasteiger partial charge in [0.2, 0.25) is 5.13 Å². The minimum atomic E-state index is -0.292. The Bertz CT molecular complexity index is 1140. The first-order valence-corrected chi connectivity index (χ1v) is 10.3. The van der Waals surface area contributed by atoms with Crippen LogP contribution in [0, 0.1) is 5.82 Å². The number of benzene rings is 3. The molecule has 0 amide bonds. The zero-order chi connectivity index (χ0) is 20.8. The molecular formula is C23H20FN3O2S. The number of nitrogens with one attached hydrogen (secondary N) is 1. The number of hydrogen-bond acceptors (Lipinski definition) is 6. The smallest absolute Gasteiger partial charge is 0.204 e. The first-order valence-electron chi connectivity index (χ1n) is 9.50. The maximum atomic E-state index is 13.8. The van der Waals surface area contributed by atoms with Crippen LogP contribution in [0.15, 0.2) is 71.8 Å². The average molecular weight is 421 g/mol. The SMILES string of the molecule is CCOc1cc(C=NNc2nc3ccccc3s2)ccc1OCc1ccccc1F. The lowest BCUT2D eigenvalue weighted by atomic mass is 10.2. The molecule has 0 radical (unpaired) electrons. The van der Waals surface area contributed by atoms with Crippen LogP contribution in [0.3, 0.4) is 0 Å². The molecule has 4 aromatic rings. The molecule has 1 aromatic heterocycles. The van der Waals surface area contributed by atoms with Crippen molar-refractivity contribution >= 4 is 32.9 Å². The van der Waals surface area contributed by atoms with Gasteiger partial charge in [-0.25, -0.2) is 9.37 Å². The summed E-state index contributed by atoms with van der Waals surface area (Å²) >= 11 is 1.54. The van der Waals surface area contributed by atoms with Crippen molar-refractivity contribution in [2.75, 3.05) is 12.0 Å². The largest absolute Gasteiger partial charge is 0.490 e. The van der Waals surface area contributed by atoms with Gasteiger partial charge in [-0.3, -0.25) is 5.43 Å². The standard InChI is InChI=1S/C23H20FN3O2S/c1-2-28-21-13-16(11-12-20(21)29-15-17-7-3-4-8-18(17)24)14-25-27-23-26-19-9-5-6-10-22(19)30-23/h3-14H,2,15H2,1H3,(H,26,27). The van der Waals surface area contributed by atoms with Crippen LogP contribution in [0.2, 0.25) is 0 Å². The summed E-state index contributed by atoms with van der Waals surface area (Å²) in [4.78, 5) is 4.48. The third-order valence-corrected chi connectivity index (χ3v) is 5.22. The Labute approximate surface area is 177 Å². The molecule has 0 aliphatic rings. The minimum Gasteiger partial charge on any atom is -0.490 e. The number of fused-ring (bicyclic) bond motifs is 1. The fourth-order valence-corrected chi connectivity index (χ4v) is 3.66. The molecule has 0 saturated heterocycles. The van der Waals surface area contributed by atoms with Gasteiger partial charge in [0.05, 0.1) is 23.0 Å². The molecule has 1 N–H and O–H groups in total. The van der Waals surface area contributed by atoms with E-state index in [2.05, 4.69) is 15.5 Å². The molecule has 152 valence electrons. The first kappa shape index (κ1) is 19.8. The predicted octanol–water partition coefficient (Wildman–Crippen LogP) is 5.86. The maximum Gasteiger partial charge on any atom is 0.204 e. The van der Waals surface area contributed by atoms with E-state index in [9.17, 15) is 4.39 Å². The van der Waals surface area contributed by atoms with Gasteiger partial charge in [-0.1, -0.05) is 41.7 Å². The van der Waals surface area contributed by atoms with Gasteiger partial charge in [0, 0.05) is 5.56 Å². The van der Waals surface area contributed by atoms with Crippen LogP contribution < -0.4 is 14.9 Å². The summed E-state index contributed by atoms with van der Waals surface area (Å²) in [6, 6.07) is 20.0. The number of hydrogen-bond donors (Lipinski definition) is 1. The molecule has 0 atom stereocenters. The van der Waals surface area contributed by atoms with Crippen molar-refractivity contribution in [3.63, 3.8) is 0 Å². The highest BCUT2D eigenvalue weighted by molar-refractivity contribution is 7.22. The quantitative estimate of drug-likeness (QED) is 0.286. The lowest BCUT2D eigenvalue weighted by molar-refractivity contribution is 0.266. The van der Waals surface area contributed by atoms with Gasteiger partial charge < -0.3 is 9.47 Å². The van der Waals surface area contributed by atoms with Gasteiger partial charge in [-0.05, 0) is 48.9 Å². The van der Waals surface area contributed by atoms with Crippen molar-refractivity contribution in [3.05, 3.63) is 83.7 Å². The fourth-order valence-electron chi connectivity index (χ4n) is 2.85. The Morgan fingerprint density at radius 1 is 1.03 bits per heavy atom.